The van der Waals surface area contributed by atoms with E-state index in [1.807, 2.05) is 30.0 Å². The summed E-state index contributed by atoms with van der Waals surface area (Å²) in [5, 5.41) is 8.03. The fraction of sp³-hybridized carbons (Fsp3) is 0.450. The summed E-state index contributed by atoms with van der Waals surface area (Å²) in [6.07, 6.45) is 4.74. The molecule has 7 heteroatoms. The molecule has 2 fully saturated rings. The fourth-order valence-electron chi connectivity index (χ4n) is 4.10. The van der Waals surface area contributed by atoms with Crippen LogP contribution in [0.15, 0.2) is 30.3 Å². The Morgan fingerprint density at radius 2 is 2.04 bits per heavy atom. The largest absolute Gasteiger partial charge is 0.339 e. The molecule has 1 unspecified atom stereocenters. The van der Waals surface area contributed by atoms with Crippen molar-refractivity contribution in [3.63, 3.8) is 0 Å². The molecule has 1 atom stereocenters. The van der Waals surface area contributed by atoms with Crippen LogP contribution in [0.25, 0.3) is 5.69 Å². The lowest BCUT2D eigenvalue weighted by molar-refractivity contribution is -0.129. The van der Waals surface area contributed by atoms with Crippen molar-refractivity contribution < 1.29 is 9.59 Å². The summed E-state index contributed by atoms with van der Waals surface area (Å²) in [4.78, 5) is 27.1. The number of amides is 2. The molecule has 27 heavy (non-hydrogen) atoms. The first kappa shape index (κ1) is 18.0. The number of halogens is 1. The second-order valence-electron chi connectivity index (χ2n) is 7.44. The van der Waals surface area contributed by atoms with Crippen LogP contribution in [-0.4, -0.2) is 39.1 Å². The molecule has 6 nitrogen and oxygen atoms in total. The maximum absolute atomic E-state index is 12.8. The van der Waals surface area contributed by atoms with Gasteiger partial charge in [0.15, 0.2) is 0 Å². The van der Waals surface area contributed by atoms with Gasteiger partial charge in [-0.2, -0.15) is 5.10 Å². The first-order chi connectivity index (χ1) is 13.0. The molecule has 1 aromatic carbocycles. The zero-order valence-electron chi connectivity index (χ0n) is 15.3. The van der Waals surface area contributed by atoms with Crippen molar-refractivity contribution in [1.29, 1.82) is 0 Å². The predicted octanol–water partition coefficient (Wildman–Crippen LogP) is 3.56. The Morgan fingerprint density at radius 3 is 2.78 bits per heavy atom. The minimum absolute atomic E-state index is 0.0987. The van der Waals surface area contributed by atoms with Gasteiger partial charge in [0.05, 0.1) is 17.3 Å². The third kappa shape index (κ3) is 3.72. The lowest BCUT2D eigenvalue weighted by atomic mass is 10.1. The molecule has 2 aromatic rings. The molecule has 0 radical (unpaired) electrons. The van der Waals surface area contributed by atoms with Gasteiger partial charge in [0.25, 0.3) is 0 Å². The quantitative estimate of drug-likeness (QED) is 0.873. The normalized spacial score (nSPS) is 20.4. The molecule has 1 aliphatic heterocycles. The second-order valence-corrected chi connectivity index (χ2v) is 7.87. The number of rotatable bonds is 4. The number of benzene rings is 1. The topological polar surface area (TPSA) is 67.2 Å². The molecule has 1 saturated carbocycles. The number of anilines is 1. The summed E-state index contributed by atoms with van der Waals surface area (Å²) in [7, 11) is 0. The number of hydrogen-bond donors (Lipinski definition) is 1. The highest BCUT2D eigenvalue weighted by Crippen LogP contribution is 2.30. The number of nitrogens with one attached hydrogen (secondary N) is 1. The van der Waals surface area contributed by atoms with E-state index in [1.54, 1.807) is 16.8 Å². The van der Waals surface area contributed by atoms with Crippen molar-refractivity contribution in [1.82, 2.24) is 14.7 Å². The third-order valence-electron chi connectivity index (χ3n) is 5.43. The van der Waals surface area contributed by atoms with Crippen molar-refractivity contribution in [2.75, 3.05) is 11.9 Å². The van der Waals surface area contributed by atoms with E-state index >= 15 is 0 Å². The zero-order chi connectivity index (χ0) is 19.0. The Balaban J connectivity index is 1.50. The van der Waals surface area contributed by atoms with Gasteiger partial charge in [-0.05, 0) is 38.0 Å². The zero-order valence-corrected chi connectivity index (χ0v) is 16.1. The van der Waals surface area contributed by atoms with Gasteiger partial charge in [-0.25, -0.2) is 4.68 Å². The minimum Gasteiger partial charge on any atom is -0.339 e. The van der Waals surface area contributed by atoms with E-state index in [0.717, 1.165) is 24.2 Å². The maximum Gasteiger partial charge on any atom is 0.230 e. The van der Waals surface area contributed by atoms with E-state index in [9.17, 15) is 9.59 Å². The van der Waals surface area contributed by atoms with Crippen molar-refractivity contribution >= 4 is 29.2 Å². The molecule has 2 aliphatic rings. The summed E-state index contributed by atoms with van der Waals surface area (Å²) in [6, 6.07) is 9.45. The smallest absolute Gasteiger partial charge is 0.230 e. The number of hydrogen-bond acceptors (Lipinski definition) is 3. The van der Waals surface area contributed by atoms with Gasteiger partial charge in [-0.3, -0.25) is 9.59 Å². The molecule has 0 spiro atoms. The Morgan fingerprint density at radius 1 is 1.26 bits per heavy atom. The van der Waals surface area contributed by atoms with E-state index in [2.05, 4.69) is 10.4 Å². The number of nitrogens with zero attached hydrogens (tertiary/aromatic N) is 3. The van der Waals surface area contributed by atoms with Gasteiger partial charge in [0.2, 0.25) is 11.8 Å². The van der Waals surface area contributed by atoms with Gasteiger partial charge < -0.3 is 10.2 Å². The van der Waals surface area contributed by atoms with Crippen LogP contribution in [0.5, 0.6) is 0 Å². The average molecular weight is 387 g/mol. The molecule has 0 bridgehead atoms. The highest BCUT2D eigenvalue weighted by Gasteiger charge is 2.38. The number of likely N-dealkylation sites (tertiary alicyclic amines) is 1. The van der Waals surface area contributed by atoms with Gasteiger partial charge in [0.1, 0.15) is 5.82 Å². The van der Waals surface area contributed by atoms with Gasteiger partial charge in [0, 0.05) is 30.1 Å². The maximum atomic E-state index is 12.8. The summed E-state index contributed by atoms with van der Waals surface area (Å²) in [5.41, 5.74) is 1.57. The van der Waals surface area contributed by atoms with E-state index in [0.29, 0.717) is 23.4 Å². The summed E-state index contributed by atoms with van der Waals surface area (Å²) in [6.45, 7) is 2.39. The molecule has 1 aromatic heterocycles. The summed E-state index contributed by atoms with van der Waals surface area (Å²) >= 11 is 6.09. The molecule has 2 amide bonds. The van der Waals surface area contributed by atoms with Gasteiger partial charge in [-0.1, -0.05) is 30.5 Å². The van der Waals surface area contributed by atoms with Crippen LogP contribution in [-0.2, 0) is 9.59 Å². The van der Waals surface area contributed by atoms with Crippen LogP contribution in [0.3, 0.4) is 0 Å². The molecular weight excluding hydrogens is 364 g/mol. The summed E-state index contributed by atoms with van der Waals surface area (Å²) in [5.74, 6) is 0.237. The third-order valence-corrected chi connectivity index (χ3v) is 5.67. The Labute approximate surface area is 163 Å². The molecule has 4 rings (SSSR count). The fourth-order valence-corrected chi connectivity index (χ4v) is 4.28. The summed E-state index contributed by atoms with van der Waals surface area (Å²) < 4.78 is 1.67. The Bertz CT molecular complexity index is 873. The lowest BCUT2D eigenvalue weighted by Gasteiger charge is -2.23. The monoisotopic (exact) mass is 386 g/mol. The number of carbonyl (C=O) groups excluding carboxylic acids is 2. The number of aryl methyl sites for hydroxylation is 1. The molecule has 1 saturated heterocycles. The highest BCUT2D eigenvalue weighted by molar-refractivity contribution is 6.30. The lowest BCUT2D eigenvalue weighted by Crippen LogP contribution is -2.35. The molecule has 1 N–H and O–H groups in total. The SMILES string of the molecule is Cc1cc(NC(=O)C2CC(=O)N(C3CCCC3)C2)n(-c2cccc(Cl)c2)n1. The van der Waals surface area contributed by atoms with Crippen LogP contribution < -0.4 is 5.32 Å². The van der Waals surface area contributed by atoms with Crippen molar-refractivity contribution in [3.8, 4) is 5.69 Å². The van der Waals surface area contributed by atoms with Crippen molar-refractivity contribution in [2.45, 2.75) is 45.1 Å². The Kier molecular flexibility index (Phi) is 4.91. The molecule has 1 aliphatic carbocycles. The Hall–Kier alpha value is -2.34. The van der Waals surface area contributed by atoms with E-state index in [-0.39, 0.29) is 24.2 Å². The highest BCUT2D eigenvalue weighted by atomic mass is 35.5. The molecule has 2 heterocycles. The van der Waals surface area contributed by atoms with Crippen molar-refractivity contribution in [3.05, 3.63) is 41.0 Å². The standard InChI is InChI=1S/C20H23ClN4O2/c1-13-9-18(25(23-13)17-8-4-5-15(21)11-17)22-20(27)14-10-19(26)24(12-14)16-6-2-3-7-16/h4-5,8-9,11,14,16H,2-3,6-7,10,12H2,1H3,(H,22,27). The second kappa shape index (κ2) is 7.35. The van der Waals surface area contributed by atoms with E-state index in [1.165, 1.54) is 12.8 Å². The van der Waals surface area contributed by atoms with Crippen molar-refractivity contribution in [2.24, 2.45) is 5.92 Å². The first-order valence-corrected chi connectivity index (χ1v) is 9.82. The number of carbonyl (C=O) groups is 2. The molecule has 142 valence electrons. The minimum atomic E-state index is -0.318. The van der Waals surface area contributed by atoms with E-state index < -0.39 is 0 Å². The first-order valence-electron chi connectivity index (χ1n) is 9.44. The molecular formula is C20H23ClN4O2. The van der Waals surface area contributed by atoms with Crippen LogP contribution in [0.1, 0.15) is 37.8 Å². The predicted molar refractivity (Wildman–Crippen MR) is 104 cm³/mol. The van der Waals surface area contributed by atoms with E-state index in [4.69, 9.17) is 11.6 Å². The number of aromatic nitrogens is 2. The van der Waals surface area contributed by atoms with Crippen LogP contribution in [0, 0.1) is 12.8 Å². The van der Waals surface area contributed by atoms with Gasteiger partial charge >= 0.3 is 0 Å². The van der Waals surface area contributed by atoms with Crippen LogP contribution >= 0.6 is 11.6 Å². The van der Waals surface area contributed by atoms with Gasteiger partial charge in [-0.15, -0.1) is 0 Å². The average Bonchev–Trinajstić information content (AvgIpc) is 3.35. The van der Waals surface area contributed by atoms with Crippen LogP contribution in [0.2, 0.25) is 5.02 Å². The van der Waals surface area contributed by atoms with Crippen LogP contribution in [0.4, 0.5) is 5.82 Å².